The van der Waals surface area contributed by atoms with Crippen molar-refractivity contribution < 1.29 is 22.7 Å². The van der Waals surface area contributed by atoms with Gasteiger partial charge in [-0.15, -0.1) is 0 Å². The minimum absolute atomic E-state index is 0.00953. The molecule has 10 heteroatoms. The highest BCUT2D eigenvalue weighted by atomic mass is 35.5. The maximum atomic E-state index is 12.7. The Morgan fingerprint density at radius 1 is 1.06 bits per heavy atom. The van der Waals surface area contributed by atoms with Gasteiger partial charge in [0.2, 0.25) is 15.9 Å². The molecule has 35 heavy (non-hydrogen) atoms. The zero-order chi connectivity index (χ0) is 24.7. The van der Waals surface area contributed by atoms with Crippen LogP contribution in [-0.4, -0.2) is 76.1 Å². The molecule has 0 saturated carbocycles. The molecule has 2 aliphatic rings. The lowest BCUT2D eigenvalue weighted by Crippen LogP contribution is -2.41. The summed E-state index contributed by atoms with van der Waals surface area (Å²) in [4.78, 5) is 15.1. The number of morpholine rings is 1. The van der Waals surface area contributed by atoms with Crippen molar-refractivity contribution in [3.63, 3.8) is 0 Å². The zero-order valence-corrected chi connectivity index (χ0v) is 21.3. The second-order valence-electron chi connectivity index (χ2n) is 8.81. The molecule has 2 aliphatic heterocycles. The first-order valence-electron chi connectivity index (χ1n) is 12.0. The van der Waals surface area contributed by atoms with Crippen molar-refractivity contribution in [2.24, 2.45) is 5.92 Å². The van der Waals surface area contributed by atoms with E-state index in [0.29, 0.717) is 45.2 Å². The van der Waals surface area contributed by atoms with E-state index in [9.17, 15) is 13.2 Å². The normalized spacial score (nSPS) is 18.3. The monoisotopic (exact) mass is 521 g/mol. The summed E-state index contributed by atoms with van der Waals surface area (Å²) in [5.74, 6) is 0.632. The highest BCUT2D eigenvalue weighted by Gasteiger charge is 2.26. The number of rotatable bonds is 9. The largest absolute Gasteiger partial charge is 0.492 e. The van der Waals surface area contributed by atoms with Gasteiger partial charge in [0.25, 0.3) is 0 Å². The predicted molar refractivity (Wildman–Crippen MR) is 134 cm³/mol. The van der Waals surface area contributed by atoms with Crippen LogP contribution < -0.4 is 10.1 Å². The van der Waals surface area contributed by atoms with Crippen LogP contribution in [-0.2, 0) is 26.1 Å². The Labute approximate surface area is 212 Å². The van der Waals surface area contributed by atoms with Gasteiger partial charge in [-0.1, -0.05) is 23.7 Å². The van der Waals surface area contributed by atoms with E-state index in [1.165, 1.54) is 9.87 Å². The van der Waals surface area contributed by atoms with Gasteiger partial charge in [-0.05, 0) is 67.9 Å². The lowest BCUT2D eigenvalue weighted by molar-refractivity contribution is -0.126. The van der Waals surface area contributed by atoms with E-state index in [4.69, 9.17) is 21.1 Å². The minimum atomic E-state index is -3.52. The van der Waals surface area contributed by atoms with Crippen LogP contribution >= 0.6 is 11.6 Å². The van der Waals surface area contributed by atoms with Crippen molar-refractivity contribution in [3.8, 4) is 5.75 Å². The van der Waals surface area contributed by atoms with Crippen LogP contribution in [0.2, 0.25) is 5.02 Å². The second kappa shape index (κ2) is 12.2. The third-order valence-electron chi connectivity index (χ3n) is 6.36. The summed E-state index contributed by atoms with van der Waals surface area (Å²) < 4.78 is 37.7. The summed E-state index contributed by atoms with van der Waals surface area (Å²) in [7, 11) is -3.52. The molecule has 2 fully saturated rings. The molecule has 1 amide bonds. The van der Waals surface area contributed by atoms with Gasteiger partial charge in [0.1, 0.15) is 12.4 Å². The van der Waals surface area contributed by atoms with Crippen molar-refractivity contribution in [1.29, 1.82) is 0 Å². The lowest BCUT2D eigenvalue weighted by atomic mass is 9.95. The van der Waals surface area contributed by atoms with Gasteiger partial charge in [-0.2, -0.15) is 4.31 Å². The van der Waals surface area contributed by atoms with E-state index in [1.54, 1.807) is 24.3 Å². The molecule has 0 unspecified atom stereocenters. The SMILES string of the molecule is O=C(NCCOc1ccc(S(=O)(=O)N2CCOCC2)cc1)C1CCN(Cc2cccc(Cl)c2)CC1. The number of carbonyl (C=O) groups is 1. The molecule has 0 atom stereocenters. The fraction of sp³-hybridized carbons (Fsp3) is 0.480. The molecular weight excluding hydrogens is 490 g/mol. The van der Waals surface area contributed by atoms with Crippen LogP contribution in [0.1, 0.15) is 18.4 Å². The third-order valence-corrected chi connectivity index (χ3v) is 8.50. The molecule has 0 aromatic heterocycles. The molecule has 1 N–H and O–H groups in total. The average molecular weight is 522 g/mol. The number of hydrogen-bond donors (Lipinski definition) is 1. The van der Waals surface area contributed by atoms with Gasteiger partial charge < -0.3 is 14.8 Å². The summed E-state index contributed by atoms with van der Waals surface area (Å²) in [5, 5.41) is 3.70. The Bertz CT molecular complexity index is 1080. The third kappa shape index (κ3) is 7.17. The highest BCUT2D eigenvalue weighted by Crippen LogP contribution is 2.22. The molecule has 2 aromatic carbocycles. The summed E-state index contributed by atoms with van der Waals surface area (Å²) in [5.41, 5.74) is 1.18. The van der Waals surface area contributed by atoms with Gasteiger partial charge in [0, 0.05) is 30.6 Å². The smallest absolute Gasteiger partial charge is 0.243 e. The summed E-state index contributed by atoms with van der Waals surface area (Å²) >= 11 is 6.07. The number of benzene rings is 2. The maximum absolute atomic E-state index is 12.7. The van der Waals surface area contributed by atoms with E-state index in [2.05, 4.69) is 16.3 Å². The molecule has 2 aromatic rings. The predicted octanol–water partition coefficient (Wildman–Crippen LogP) is 2.77. The number of sulfonamides is 1. The standard InChI is InChI=1S/C25H32ClN3O5S/c26-22-3-1-2-20(18-22)19-28-11-8-21(9-12-28)25(30)27-10-15-34-23-4-6-24(7-5-23)35(31,32)29-13-16-33-17-14-29/h1-7,18,21H,8-17,19H2,(H,27,30). The zero-order valence-electron chi connectivity index (χ0n) is 19.7. The Balaban J connectivity index is 1.15. The van der Waals surface area contributed by atoms with Gasteiger partial charge >= 0.3 is 0 Å². The van der Waals surface area contributed by atoms with Crippen LogP contribution in [0.4, 0.5) is 0 Å². The minimum Gasteiger partial charge on any atom is -0.492 e. The molecule has 4 rings (SSSR count). The Kier molecular flexibility index (Phi) is 9.02. The summed E-state index contributed by atoms with van der Waals surface area (Å²) in [6.07, 6.45) is 1.65. The van der Waals surface area contributed by atoms with Crippen molar-refractivity contribution in [2.75, 3.05) is 52.5 Å². The Morgan fingerprint density at radius 2 is 1.77 bits per heavy atom. The molecule has 2 saturated heterocycles. The van der Waals surface area contributed by atoms with Crippen LogP contribution in [0.3, 0.4) is 0 Å². The molecule has 8 nitrogen and oxygen atoms in total. The number of amides is 1. The van der Waals surface area contributed by atoms with Crippen LogP contribution in [0.25, 0.3) is 0 Å². The molecule has 0 bridgehead atoms. The number of nitrogens with one attached hydrogen (secondary N) is 1. The number of hydrogen-bond acceptors (Lipinski definition) is 6. The van der Waals surface area contributed by atoms with Crippen LogP contribution in [0, 0.1) is 5.92 Å². The van der Waals surface area contributed by atoms with Crippen molar-refractivity contribution >= 4 is 27.5 Å². The van der Waals surface area contributed by atoms with Crippen LogP contribution in [0.15, 0.2) is 53.4 Å². The maximum Gasteiger partial charge on any atom is 0.243 e. The molecule has 2 heterocycles. The topological polar surface area (TPSA) is 88.2 Å². The quantitative estimate of drug-likeness (QED) is 0.510. The van der Waals surface area contributed by atoms with Gasteiger partial charge in [-0.25, -0.2) is 8.42 Å². The number of likely N-dealkylation sites (tertiary alicyclic amines) is 1. The molecular formula is C25H32ClN3O5S. The van der Waals surface area contributed by atoms with E-state index in [0.717, 1.165) is 37.5 Å². The molecule has 0 spiro atoms. The average Bonchev–Trinajstić information content (AvgIpc) is 2.88. The Hall–Kier alpha value is -2.17. The number of carbonyl (C=O) groups excluding carboxylic acids is 1. The molecule has 0 aliphatic carbocycles. The first-order valence-corrected chi connectivity index (χ1v) is 13.8. The van der Waals surface area contributed by atoms with Gasteiger partial charge in [0.05, 0.1) is 24.7 Å². The number of ether oxygens (including phenoxy) is 2. The van der Waals surface area contributed by atoms with E-state index < -0.39 is 10.0 Å². The lowest BCUT2D eigenvalue weighted by Gasteiger charge is -2.31. The summed E-state index contributed by atoms with van der Waals surface area (Å²) in [6.45, 7) is 4.85. The van der Waals surface area contributed by atoms with E-state index in [1.807, 2.05) is 18.2 Å². The number of piperidine rings is 1. The molecule has 190 valence electrons. The van der Waals surface area contributed by atoms with E-state index >= 15 is 0 Å². The fourth-order valence-electron chi connectivity index (χ4n) is 4.38. The van der Waals surface area contributed by atoms with Crippen molar-refractivity contribution in [3.05, 3.63) is 59.1 Å². The highest BCUT2D eigenvalue weighted by molar-refractivity contribution is 7.89. The Morgan fingerprint density at radius 3 is 2.46 bits per heavy atom. The van der Waals surface area contributed by atoms with Crippen molar-refractivity contribution in [1.82, 2.24) is 14.5 Å². The molecule has 0 radical (unpaired) electrons. The van der Waals surface area contributed by atoms with E-state index in [-0.39, 0.29) is 16.7 Å². The van der Waals surface area contributed by atoms with Gasteiger partial charge in [-0.3, -0.25) is 9.69 Å². The first kappa shape index (κ1) is 25.9. The summed E-state index contributed by atoms with van der Waals surface area (Å²) in [6, 6.07) is 14.3. The number of nitrogens with zero attached hydrogens (tertiary/aromatic N) is 2. The number of halogens is 1. The van der Waals surface area contributed by atoms with Crippen LogP contribution in [0.5, 0.6) is 5.75 Å². The van der Waals surface area contributed by atoms with Gasteiger partial charge in [0.15, 0.2) is 0 Å². The second-order valence-corrected chi connectivity index (χ2v) is 11.2. The first-order chi connectivity index (χ1) is 16.9. The fourth-order valence-corrected chi connectivity index (χ4v) is 6.00. The van der Waals surface area contributed by atoms with Crippen molar-refractivity contribution in [2.45, 2.75) is 24.3 Å².